The minimum atomic E-state index is -0.619. The van der Waals surface area contributed by atoms with Gasteiger partial charge in [0.05, 0.1) is 12.8 Å². The zero-order valence-electron chi connectivity index (χ0n) is 7.00. The Bertz CT molecular complexity index is 328. The summed E-state index contributed by atoms with van der Waals surface area (Å²) in [4.78, 5) is 10.7. The van der Waals surface area contributed by atoms with Crippen LogP contribution in [-0.2, 0) is 4.74 Å². The van der Waals surface area contributed by atoms with Crippen LogP contribution in [0.2, 0.25) is 0 Å². The molecule has 0 unspecified atom stereocenters. The Morgan fingerprint density at radius 2 is 2.31 bits per heavy atom. The van der Waals surface area contributed by atoms with Crippen molar-refractivity contribution in [2.24, 2.45) is 0 Å². The number of halogens is 1. The molecule has 3 N–H and O–H groups in total. The van der Waals surface area contributed by atoms with E-state index in [4.69, 9.17) is 5.73 Å². The van der Waals surface area contributed by atoms with E-state index in [0.29, 0.717) is 5.69 Å². The van der Waals surface area contributed by atoms with Gasteiger partial charge in [-0.25, -0.2) is 9.18 Å². The fourth-order valence-corrected chi connectivity index (χ4v) is 0.790. The smallest absolute Gasteiger partial charge is 0.411 e. The molecule has 4 nitrogen and oxygen atoms in total. The highest BCUT2D eigenvalue weighted by atomic mass is 19.1. The van der Waals surface area contributed by atoms with Crippen LogP contribution in [0.1, 0.15) is 0 Å². The number of nitrogens with one attached hydrogen (secondary N) is 1. The first-order valence-electron chi connectivity index (χ1n) is 3.53. The number of ether oxygens (including phenoxy) is 1. The molecule has 70 valence electrons. The first-order chi connectivity index (χ1) is 6.13. The Balaban J connectivity index is 2.79. The number of benzene rings is 1. The highest BCUT2D eigenvalue weighted by molar-refractivity contribution is 5.85. The molecule has 0 saturated carbocycles. The zero-order valence-corrected chi connectivity index (χ0v) is 7.00. The number of carbonyl (C=O) groups excluding carboxylic acids is 1. The van der Waals surface area contributed by atoms with Gasteiger partial charge in [-0.2, -0.15) is 0 Å². The molecule has 0 aliphatic heterocycles. The lowest BCUT2D eigenvalue weighted by Gasteiger charge is -2.04. The van der Waals surface area contributed by atoms with Gasteiger partial charge in [-0.3, -0.25) is 5.32 Å². The molecule has 1 amide bonds. The quantitative estimate of drug-likeness (QED) is 0.651. The summed E-state index contributed by atoms with van der Waals surface area (Å²) in [5.41, 5.74) is 5.65. The molecule has 1 aromatic rings. The highest BCUT2D eigenvalue weighted by Gasteiger charge is 2.02. The molecule has 1 aromatic carbocycles. The van der Waals surface area contributed by atoms with E-state index >= 15 is 0 Å². The van der Waals surface area contributed by atoms with Crippen molar-refractivity contribution >= 4 is 17.5 Å². The Hall–Kier alpha value is -1.78. The van der Waals surface area contributed by atoms with E-state index in [1.54, 1.807) is 0 Å². The van der Waals surface area contributed by atoms with Gasteiger partial charge in [0.1, 0.15) is 5.82 Å². The molecule has 0 heterocycles. The minimum Gasteiger partial charge on any atom is -0.453 e. The molecule has 0 saturated heterocycles. The van der Waals surface area contributed by atoms with Gasteiger partial charge in [-0.05, 0) is 18.2 Å². The average molecular weight is 184 g/mol. The lowest BCUT2D eigenvalue weighted by atomic mass is 10.3. The lowest BCUT2D eigenvalue weighted by molar-refractivity contribution is 0.187. The third-order valence-electron chi connectivity index (χ3n) is 1.43. The van der Waals surface area contributed by atoms with Gasteiger partial charge in [-0.15, -0.1) is 0 Å². The Morgan fingerprint density at radius 1 is 1.62 bits per heavy atom. The van der Waals surface area contributed by atoms with Gasteiger partial charge < -0.3 is 10.5 Å². The molecule has 5 heteroatoms. The zero-order chi connectivity index (χ0) is 9.84. The van der Waals surface area contributed by atoms with E-state index in [1.165, 1.54) is 25.3 Å². The van der Waals surface area contributed by atoms with Crippen molar-refractivity contribution in [2.45, 2.75) is 0 Å². The fourth-order valence-electron chi connectivity index (χ4n) is 0.790. The largest absolute Gasteiger partial charge is 0.453 e. The van der Waals surface area contributed by atoms with Crippen molar-refractivity contribution < 1.29 is 13.9 Å². The summed E-state index contributed by atoms with van der Waals surface area (Å²) >= 11 is 0. The fraction of sp³-hybridized carbons (Fsp3) is 0.125. The summed E-state index contributed by atoms with van der Waals surface area (Å²) in [5, 5.41) is 2.35. The van der Waals surface area contributed by atoms with Gasteiger partial charge in [0.15, 0.2) is 0 Å². The number of methoxy groups -OCH3 is 1. The lowest BCUT2D eigenvalue weighted by Crippen LogP contribution is -2.11. The summed E-state index contributed by atoms with van der Waals surface area (Å²) in [6.45, 7) is 0. The average Bonchev–Trinajstić information content (AvgIpc) is 2.11. The van der Waals surface area contributed by atoms with Crippen molar-refractivity contribution in [3.63, 3.8) is 0 Å². The van der Waals surface area contributed by atoms with E-state index in [0.717, 1.165) is 0 Å². The monoisotopic (exact) mass is 184 g/mol. The molecule has 0 radical (unpaired) electrons. The predicted molar refractivity (Wildman–Crippen MR) is 46.8 cm³/mol. The van der Waals surface area contributed by atoms with E-state index in [9.17, 15) is 9.18 Å². The summed E-state index contributed by atoms with van der Waals surface area (Å²) in [5.74, 6) is -0.518. The van der Waals surface area contributed by atoms with Crippen molar-refractivity contribution in [1.29, 1.82) is 0 Å². The maximum absolute atomic E-state index is 12.6. The molecule has 0 aliphatic carbocycles. The summed E-state index contributed by atoms with van der Waals surface area (Å²) in [7, 11) is 1.24. The number of hydrogen-bond donors (Lipinski definition) is 2. The second-order valence-electron chi connectivity index (χ2n) is 2.35. The van der Waals surface area contributed by atoms with Crippen LogP contribution in [0.5, 0.6) is 0 Å². The van der Waals surface area contributed by atoms with E-state index in [1.807, 2.05) is 0 Å². The van der Waals surface area contributed by atoms with Crippen LogP contribution in [0.3, 0.4) is 0 Å². The number of rotatable bonds is 1. The van der Waals surface area contributed by atoms with Crippen LogP contribution in [0.25, 0.3) is 0 Å². The van der Waals surface area contributed by atoms with Crippen LogP contribution >= 0.6 is 0 Å². The Labute approximate surface area is 74.5 Å². The van der Waals surface area contributed by atoms with Crippen LogP contribution in [0, 0.1) is 5.82 Å². The summed E-state index contributed by atoms with van der Waals surface area (Å²) in [6.07, 6.45) is -0.619. The van der Waals surface area contributed by atoms with Gasteiger partial charge in [0, 0.05) is 5.69 Å². The van der Waals surface area contributed by atoms with Gasteiger partial charge in [0.25, 0.3) is 0 Å². The molecular weight excluding hydrogens is 175 g/mol. The van der Waals surface area contributed by atoms with Crippen molar-refractivity contribution in [3.8, 4) is 0 Å². The maximum atomic E-state index is 12.6. The Kier molecular flexibility index (Phi) is 2.69. The second-order valence-corrected chi connectivity index (χ2v) is 2.35. The second kappa shape index (κ2) is 3.75. The standard InChI is InChI=1S/C8H9FN2O2/c1-13-8(12)11-5-2-3-6(9)7(10)4-5/h2-4H,10H2,1H3,(H,11,12). The molecule has 0 spiro atoms. The molecular formula is C8H9FN2O2. The van der Waals surface area contributed by atoms with E-state index < -0.39 is 11.9 Å². The number of nitrogens with two attached hydrogens (primary N) is 1. The number of nitrogen functional groups attached to an aromatic ring is 1. The van der Waals surface area contributed by atoms with Crippen molar-refractivity contribution in [2.75, 3.05) is 18.2 Å². The molecule has 0 atom stereocenters. The topological polar surface area (TPSA) is 64.3 Å². The predicted octanol–water partition coefficient (Wildman–Crippen LogP) is 1.59. The van der Waals surface area contributed by atoms with Crippen LogP contribution in [-0.4, -0.2) is 13.2 Å². The Morgan fingerprint density at radius 3 is 2.85 bits per heavy atom. The minimum absolute atomic E-state index is 0.0195. The highest BCUT2D eigenvalue weighted by Crippen LogP contribution is 2.16. The molecule has 0 aliphatic rings. The first-order valence-corrected chi connectivity index (χ1v) is 3.53. The molecule has 0 bridgehead atoms. The third-order valence-corrected chi connectivity index (χ3v) is 1.43. The number of amides is 1. The van der Waals surface area contributed by atoms with Crippen molar-refractivity contribution in [1.82, 2.24) is 0 Å². The summed E-state index contributed by atoms with van der Waals surface area (Å²) in [6, 6.07) is 3.87. The molecule has 13 heavy (non-hydrogen) atoms. The first kappa shape index (κ1) is 9.31. The van der Waals surface area contributed by atoms with Crippen LogP contribution in [0.15, 0.2) is 18.2 Å². The maximum Gasteiger partial charge on any atom is 0.411 e. The number of carbonyl (C=O) groups is 1. The van der Waals surface area contributed by atoms with Crippen LogP contribution in [0.4, 0.5) is 20.6 Å². The van der Waals surface area contributed by atoms with E-state index in [2.05, 4.69) is 10.1 Å². The van der Waals surface area contributed by atoms with Gasteiger partial charge in [0.2, 0.25) is 0 Å². The van der Waals surface area contributed by atoms with Gasteiger partial charge in [-0.1, -0.05) is 0 Å². The SMILES string of the molecule is COC(=O)Nc1ccc(F)c(N)c1. The number of hydrogen-bond acceptors (Lipinski definition) is 3. The number of anilines is 2. The van der Waals surface area contributed by atoms with Crippen molar-refractivity contribution in [3.05, 3.63) is 24.0 Å². The molecule has 0 fully saturated rings. The molecule has 0 aromatic heterocycles. The van der Waals surface area contributed by atoms with E-state index in [-0.39, 0.29) is 5.69 Å². The van der Waals surface area contributed by atoms with Gasteiger partial charge >= 0.3 is 6.09 Å². The summed E-state index contributed by atoms with van der Waals surface area (Å²) < 4.78 is 17.0. The molecule has 1 rings (SSSR count). The third kappa shape index (κ3) is 2.33. The van der Waals surface area contributed by atoms with Crippen LogP contribution < -0.4 is 11.1 Å². The normalized spacial score (nSPS) is 9.38.